The first-order valence-corrected chi connectivity index (χ1v) is 11.1. The molecule has 2 heterocycles. The number of aliphatic hydroxyl groups is 2. The second kappa shape index (κ2) is 10.8. The molecule has 0 unspecified atom stereocenters. The summed E-state index contributed by atoms with van der Waals surface area (Å²) in [5, 5.41) is 42.4. The van der Waals surface area contributed by atoms with Crippen LogP contribution in [-0.4, -0.2) is 48.4 Å². The van der Waals surface area contributed by atoms with E-state index in [-0.39, 0.29) is 36.3 Å². The summed E-state index contributed by atoms with van der Waals surface area (Å²) in [4.78, 5) is 48.6. The van der Waals surface area contributed by atoms with Crippen molar-refractivity contribution in [3.05, 3.63) is 101 Å². The van der Waals surface area contributed by atoms with E-state index < -0.39 is 57.5 Å². The average molecular weight is 514 g/mol. The van der Waals surface area contributed by atoms with Gasteiger partial charge >= 0.3 is 5.69 Å². The summed E-state index contributed by atoms with van der Waals surface area (Å²) >= 11 is 0. The Morgan fingerprint density at radius 1 is 1.03 bits per heavy atom. The predicted octanol–water partition coefficient (Wildman–Crippen LogP) is 1.38. The Hall–Kier alpha value is -4.24. The van der Waals surface area contributed by atoms with Crippen molar-refractivity contribution in [1.29, 1.82) is 0 Å². The maximum Gasteiger partial charge on any atom is 0.330 e. The van der Waals surface area contributed by atoms with Gasteiger partial charge in [0.05, 0.1) is 41.3 Å². The molecule has 0 bridgehead atoms. The van der Waals surface area contributed by atoms with Gasteiger partial charge in [-0.05, 0) is 11.6 Å². The second-order valence-electron chi connectivity index (χ2n) is 8.27. The van der Waals surface area contributed by atoms with Gasteiger partial charge in [-0.25, -0.2) is 4.79 Å². The molecule has 1 saturated heterocycles. The maximum atomic E-state index is 12.3. The third-order valence-corrected chi connectivity index (χ3v) is 5.95. The van der Waals surface area contributed by atoms with Gasteiger partial charge in [0.1, 0.15) is 17.9 Å². The molecule has 1 aromatic heterocycles. The summed E-state index contributed by atoms with van der Waals surface area (Å²) in [5.41, 5.74) is -1.84. The van der Waals surface area contributed by atoms with E-state index in [0.717, 1.165) is 4.57 Å². The molecule has 4 rings (SSSR count). The van der Waals surface area contributed by atoms with Gasteiger partial charge < -0.3 is 19.7 Å². The lowest BCUT2D eigenvalue weighted by atomic mass is 9.97. The van der Waals surface area contributed by atoms with Crippen LogP contribution in [0.5, 0.6) is 0 Å². The van der Waals surface area contributed by atoms with E-state index in [1.54, 1.807) is 18.2 Å². The number of nitro groups is 2. The quantitative estimate of drug-likeness (QED) is 0.277. The fourth-order valence-electron chi connectivity index (χ4n) is 4.16. The summed E-state index contributed by atoms with van der Waals surface area (Å²) in [7, 11) is 0. The van der Waals surface area contributed by atoms with Crippen molar-refractivity contribution < 1.29 is 29.5 Å². The first-order valence-electron chi connectivity index (χ1n) is 11.1. The number of nitrogens with zero attached hydrogens (tertiary/aromatic N) is 3. The highest BCUT2D eigenvalue weighted by molar-refractivity contribution is 5.84. The molecule has 3 atom stereocenters. The number of benzene rings is 2. The molecule has 0 radical (unpaired) electrons. The van der Waals surface area contributed by atoms with Gasteiger partial charge in [0.15, 0.2) is 0 Å². The average Bonchev–Trinajstić information content (AvgIpc) is 3.25. The molecule has 3 N–H and O–H groups in total. The Balaban J connectivity index is 1.59. The van der Waals surface area contributed by atoms with E-state index in [2.05, 4.69) is 4.98 Å². The van der Waals surface area contributed by atoms with Crippen LogP contribution in [0.3, 0.4) is 0 Å². The normalized spacial score (nSPS) is 19.1. The number of aromatic amines is 1. The van der Waals surface area contributed by atoms with Crippen LogP contribution in [0, 0.1) is 20.2 Å². The third kappa shape index (κ3) is 5.31. The first-order chi connectivity index (χ1) is 17.7. The van der Waals surface area contributed by atoms with Crippen molar-refractivity contribution >= 4 is 11.4 Å². The molecule has 0 saturated carbocycles. The van der Waals surface area contributed by atoms with Crippen LogP contribution in [0.2, 0.25) is 0 Å². The van der Waals surface area contributed by atoms with Crippen LogP contribution in [0.15, 0.2) is 58.3 Å². The molecule has 14 heteroatoms. The molecule has 3 aromatic rings. The lowest BCUT2D eigenvalue weighted by Crippen LogP contribution is -2.34. The number of hydrogen-bond acceptors (Lipinski definition) is 10. The van der Waals surface area contributed by atoms with Crippen molar-refractivity contribution in [1.82, 2.24) is 9.55 Å². The zero-order chi connectivity index (χ0) is 26.7. The first kappa shape index (κ1) is 25.8. The van der Waals surface area contributed by atoms with Crippen molar-refractivity contribution in [2.45, 2.75) is 38.1 Å². The van der Waals surface area contributed by atoms with Crippen LogP contribution in [0.25, 0.3) is 11.1 Å². The number of hydrogen-bond donors (Lipinski definition) is 3. The Kier molecular flexibility index (Phi) is 7.54. The molecule has 1 aliphatic rings. The van der Waals surface area contributed by atoms with Gasteiger partial charge in [0, 0.05) is 30.3 Å². The lowest BCUT2D eigenvalue weighted by Gasteiger charge is -2.15. The molecule has 1 aliphatic heterocycles. The molecule has 0 amide bonds. The minimum Gasteiger partial charge on any atom is -0.394 e. The van der Waals surface area contributed by atoms with E-state index in [1.807, 2.05) is 0 Å². The summed E-state index contributed by atoms with van der Waals surface area (Å²) < 4.78 is 12.2. The van der Waals surface area contributed by atoms with E-state index in [4.69, 9.17) is 9.47 Å². The SMILES string of the molecule is O=c1[nH]c(=O)n([C@H]2C[C@H](O)[C@@H](CO)O2)cc1COCc1ccccc1-c1c([N+](=O)[O-])cccc1[N+](=O)[O-]. The molecule has 2 aromatic carbocycles. The monoisotopic (exact) mass is 514 g/mol. The predicted molar refractivity (Wildman–Crippen MR) is 127 cm³/mol. The molecule has 14 nitrogen and oxygen atoms in total. The Labute approximate surface area is 207 Å². The summed E-state index contributed by atoms with van der Waals surface area (Å²) in [6.45, 7) is -0.881. The summed E-state index contributed by atoms with van der Waals surface area (Å²) in [6.07, 6.45) is -1.51. The Morgan fingerprint density at radius 2 is 1.68 bits per heavy atom. The van der Waals surface area contributed by atoms with Gasteiger partial charge in [-0.2, -0.15) is 0 Å². The van der Waals surface area contributed by atoms with E-state index in [9.17, 15) is 40.0 Å². The van der Waals surface area contributed by atoms with Gasteiger partial charge in [-0.1, -0.05) is 24.3 Å². The van der Waals surface area contributed by atoms with Gasteiger partial charge in [0.25, 0.3) is 16.9 Å². The van der Waals surface area contributed by atoms with Gasteiger partial charge in [-0.3, -0.25) is 34.6 Å². The second-order valence-corrected chi connectivity index (χ2v) is 8.27. The highest BCUT2D eigenvalue weighted by Crippen LogP contribution is 2.39. The fraction of sp³-hybridized carbons (Fsp3) is 0.304. The summed E-state index contributed by atoms with van der Waals surface area (Å²) in [6, 6.07) is 9.88. The largest absolute Gasteiger partial charge is 0.394 e. The van der Waals surface area contributed by atoms with Crippen LogP contribution in [0.4, 0.5) is 11.4 Å². The minimum atomic E-state index is -0.990. The van der Waals surface area contributed by atoms with Crippen molar-refractivity contribution in [3.8, 4) is 11.1 Å². The number of aromatic nitrogens is 2. The van der Waals surface area contributed by atoms with Crippen LogP contribution in [0.1, 0.15) is 23.8 Å². The number of nitro benzene ring substituents is 2. The van der Waals surface area contributed by atoms with E-state index in [0.29, 0.717) is 5.56 Å². The third-order valence-electron chi connectivity index (χ3n) is 5.95. The maximum absolute atomic E-state index is 12.3. The van der Waals surface area contributed by atoms with E-state index >= 15 is 0 Å². The molecular formula is C23H22N4O10. The number of aliphatic hydroxyl groups excluding tert-OH is 2. The smallest absolute Gasteiger partial charge is 0.330 e. The standard InChI is InChI=1S/C23H22N4O10/c28-10-19-18(29)8-20(37-19)25-9-14(22(30)24-23(25)31)12-36-11-13-4-1-2-5-15(13)21-16(26(32)33)6-3-7-17(21)27(34)35/h1-7,9,18-20,28-29H,8,10-12H2,(H,24,30,31)/t18-,19+,20+/m0/s1. The minimum absolute atomic E-state index is 0.0273. The highest BCUT2D eigenvalue weighted by atomic mass is 16.6. The number of ether oxygens (including phenoxy) is 2. The summed E-state index contributed by atoms with van der Waals surface area (Å²) in [5.74, 6) is 0. The Morgan fingerprint density at radius 3 is 2.30 bits per heavy atom. The lowest BCUT2D eigenvalue weighted by molar-refractivity contribution is -0.392. The zero-order valence-corrected chi connectivity index (χ0v) is 19.2. The van der Waals surface area contributed by atoms with E-state index in [1.165, 1.54) is 30.5 Å². The van der Waals surface area contributed by atoms with Crippen molar-refractivity contribution in [3.63, 3.8) is 0 Å². The molecule has 0 spiro atoms. The van der Waals surface area contributed by atoms with Crippen LogP contribution < -0.4 is 11.2 Å². The highest BCUT2D eigenvalue weighted by Gasteiger charge is 2.35. The molecule has 37 heavy (non-hydrogen) atoms. The topological polar surface area (TPSA) is 200 Å². The van der Waals surface area contributed by atoms with Crippen LogP contribution >= 0.6 is 0 Å². The fourth-order valence-corrected chi connectivity index (χ4v) is 4.16. The number of rotatable bonds is 9. The van der Waals surface area contributed by atoms with Crippen molar-refractivity contribution in [2.75, 3.05) is 6.61 Å². The molecule has 0 aliphatic carbocycles. The number of H-pyrrole nitrogens is 1. The molecular weight excluding hydrogens is 492 g/mol. The van der Waals surface area contributed by atoms with Crippen LogP contribution in [-0.2, 0) is 22.7 Å². The zero-order valence-electron chi connectivity index (χ0n) is 19.2. The molecule has 1 fully saturated rings. The van der Waals surface area contributed by atoms with Gasteiger partial charge in [0.2, 0.25) is 0 Å². The van der Waals surface area contributed by atoms with Crippen molar-refractivity contribution in [2.24, 2.45) is 0 Å². The number of nitrogens with one attached hydrogen (secondary N) is 1. The van der Waals surface area contributed by atoms with Gasteiger partial charge in [-0.15, -0.1) is 0 Å². The Bertz CT molecular complexity index is 1420. The molecule has 194 valence electrons.